The van der Waals surface area contributed by atoms with Gasteiger partial charge in [-0.05, 0) is 43.7 Å². The van der Waals surface area contributed by atoms with E-state index in [1.165, 1.54) is 31.2 Å². The lowest BCUT2D eigenvalue weighted by atomic mass is 10.2. The third-order valence-electron chi connectivity index (χ3n) is 3.47. The van der Waals surface area contributed by atoms with Crippen LogP contribution in [0, 0.1) is 22.9 Å². The molecule has 0 saturated carbocycles. The number of anilines is 1. The van der Waals surface area contributed by atoms with E-state index in [1.807, 2.05) is 0 Å². The van der Waals surface area contributed by atoms with Gasteiger partial charge in [0.25, 0.3) is 11.6 Å². The molecular weight excluding hydrogens is 367 g/mol. The van der Waals surface area contributed by atoms with E-state index in [0.29, 0.717) is 5.56 Å². The van der Waals surface area contributed by atoms with Crippen LogP contribution in [-0.4, -0.2) is 22.9 Å². The number of carbonyl (C=O) groups is 2. The summed E-state index contributed by atoms with van der Waals surface area (Å²) in [6.07, 6.45) is -1.21. The summed E-state index contributed by atoms with van der Waals surface area (Å²) in [6, 6.07) is 7.55. The summed E-state index contributed by atoms with van der Waals surface area (Å²) in [7, 11) is 0. The molecule has 9 heteroatoms. The van der Waals surface area contributed by atoms with Gasteiger partial charge < -0.3 is 10.1 Å². The maximum atomic E-state index is 13.5. The smallest absolute Gasteiger partial charge is 0.339 e. The zero-order chi connectivity index (χ0) is 19.4. The molecular formula is C17H14ClFN2O5. The lowest BCUT2D eigenvalue weighted by molar-refractivity contribution is -0.384. The average Bonchev–Trinajstić information content (AvgIpc) is 2.58. The number of nitrogens with zero attached hydrogens (tertiary/aromatic N) is 1. The monoisotopic (exact) mass is 380 g/mol. The first-order chi connectivity index (χ1) is 12.2. The molecule has 0 saturated heterocycles. The number of benzene rings is 2. The number of amides is 1. The Bertz CT molecular complexity index is 887. The second-order valence-corrected chi connectivity index (χ2v) is 5.83. The zero-order valence-corrected chi connectivity index (χ0v) is 14.5. The van der Waals surface area contributed by atoms with Crippen LogP contribution in [0.4, 0.5) is 15.8 Å². The molecule has 0 radical (unpaired) electrons. The highest BCUT2D eigenvalue weighted by Gasteiger charge is 2.22. The minimum Gasteiger partial charge on any atom is -0.449 e. The van der Waals surface area contributed by atoms with Gasteiger partial charge in [0.2, 0.25) is 0 Å². The number of hydrogen-bond acceptors (Lipinski definition) is 5. The van der Waals surface area contributed by atoms with Crippen molar-refractivity contribution in [2.75, 3.05) is 5.32 Å². The summed E-state index contributed by atoms with van der Waals surface area (Å²) < 4.78 is 18.5. The summed E-state index contributed by atoms with van der Waals surface area (Å²) in [4.78, 5) is 34.3. The molecule has 2 aromatic carbocycles. The van der Waals surface area contributed by atoms with Gasteiger partial charge >= 0.3 is 5.97 Å². The van der Waals surface area contributed by atoms with E-state index >= 15 is 0 Å². The van der Waals surface area contributed by atoms with Crippen LogP contribution in [0.5, 0.6) is 0 Å². The summed E-state index contributed by atoms with van der Waals surface area (Å²) in [5.41, 5.74) is 0.0606. The Morgan fingerprint density at radius 3 is 2.58 bits per heavy atom. The molecule has 0 bridgehead atoms. The van der Waals surface area contributed by atoms with Gasteiger partial charge in [-0.1, -0.05) is 17.7 Å². The third-order valence-corrected chi connectivity index (χ3v) is 3.79. The van der Waals surface area contributed by atoms with Gasteiger partial charge in [-0.3, -0.25) is 14.9 Å². The number of nitrogens with one attached hydrogen (secondary N) is 1. The minimum atomic E-state index is -1.21. The Morgan fingerprint density at radius 1 is 1.27 bits per heavy atom. The molecule has 7 nitrogen and oxygen atoms in total. The lowest BCUT2D eigenvalue weighted by Crippen LogP contribution is -2.30. The quantitative estimate of drug-likeness (QED) is 0.482. The van der Waals surface area contributed by atoms with Crippen LogP contribution >= 0.6 is 11.6 Å². The Kier molecular flexibility index (Phi) is 5.89. The van der Waals surface area contributed by atoms with Crippen molar-refractivity contribution in [2.24, 2.45) is 0 Å². The molecule has 1 atom stereocenters. The number of hydrogen-bond donors (Lipinski definition) is 1. The highest BCUT2D eigenvalue weighted by atomic mass is 35.5. The summed E-state index contributed by atoms with van der Waals surface area (Å²) in [5, 5.41) is 13.1. The normalized spacial score (nSPS) is 11.5. The highest BCUT2D eigenvalue weighted by Crippen LogP contribution is 2.25. The molecule has 1 amide bonds. The van der Waals surface area contributed by atoms with Gasteiger partial charge in [-0.25, -0.2) is 9.18 Å². The van der Waals surface area contributed by atoms with E-state index in [9.17, 15) is 24.1 Å². The zero-order valence-electron chi connectivity index (χ0n) is 13.8. The number of nitro benzene ring substituents is 1. The fraction of sp³-hybridized carbons (Fsp3) is 0.176. The number of carbonyl (C=O) groups excluding carboxylic acids is 2. The van der Waals surface area contributed by atoms with E-state index in [4.69, 9.17) is 16.3 Å². The van der Waals surface area contributed by atoms with Crippen molar-refractivity contribution in [2.45, 2.75) is 20.0 Å². The molecule has 2 aromatic rings. The predicted molar refractivity (Wildman–Crippen MR) is 92.8 cm³/mol. The Morgan fingerprint density at radius 2 is 1.96 bits per heavy atom. The molecule has 1 N–H and O–H groups in total. The molecule has 0 aromatic heterocycles. The molecule has 0 spiro atoms. The lowest BCUT2D eigenvalue weighted by Gasteiger charge is -2.14. The summed E-state index contributed by atoms with van der Waals surface area (Å²) >= 11 is 5.68. The maximum Gasteiger partial charge on any atom is 0.339 e. The number of nitro groups is 1. The fourth-order valence-electron chi connectivity index (χ4n) is 1.98. The molecule has 0 heterocycles. The second-order valence-electron chi connectivity index (χ2n) is 5.42. The van der Waals surface area contributed by atoms with Gasteiger partial charge in [0.1, 0.15) is 10.8 Å². The molecule has 0 aliphatic heterocycles. The molecule has 2 rings (SSSR count). The van der Waals surface area contributed by atoms with Crippen molar-refractivity contribution in [3.8, 4) is 0 Å². The van der Waals surface area contributed by atoms with Gasteiger partial charge in [-0.2, -0.15) is 0 Å². The summed E-state index contributed by atoms with van der Waals surface area (Å²) in [6.45, 7) is 2.90. The minimum absolute atomic E-state index is 0.123. The van der Waals surface area contributed by atoms with Gasteiger partial charge in [0.15, 0.2) is 6.10 Å². The van der Waals surface area contributed by atoms with Crippen LogP contribution in [0.1, 0.15) is 22.8 Å². The SMILES string of the molecule is Cc1ccc(NC(=O)C(C)OC(=O)c2ccc(Cl)c([N+](=O)[O-])c2)cc1F. The average molecular weight is 381 g/mol. The number of esters is 1. The first-order valence-electron chi connectivity index (χ1n) is 7.41. The highest BCUT2D eigenvalue weighted by molar-refractivity contribution is 6.32. The standard InChI is InChI=1S/C17H14ClFN2O5/c1-9-3-5-12(8-14(9)19)20-16(22)10(2)26-17(23)11-4-6-13(18)15(7-11)21(24)25/h3-8,10H,1-2H3,(H,20,22). The van der Waals surface area contributed by atoms with Crippen molar-refractivity contribution < 1.29 is 23.6 Å². The topological polar surface area (TPSA) is 98.5 Å². The van der Waals surface area contributed by atoms with E-state index < -0.39 is 34.4 Å². The van der Waals surface area contributed by atoms with Gasteiger partial charge in [0, 0.05) is 11.8 Å². The Balaban J connectivity index is 2.06. The number of aryl methyl sites for hydroxylation is 1. The maximum absolute atomic E-state index is 13.5. The van der Waals surface area contributed by atoms with Crippen molar-refractivity contribution in [3.63, 3.8) is 0 Å². The van der Waals surface area contributed by atoms with Crippen LogP contribution in [-0.2, 0) is 9.53 Å². The van der Waals surface area contributed by atoms with Crippen molar-refractivity contribution in [1.29, 1.82) is 0 Å². The molecule has 1 unspecified atom stereocenters. The van der Waals surface area contributed by atoms with Crippen LogP contribution in [0.2, 0.25) is 5.02 Å². The Hall–Kier alpha value is -3.00. The van der Waals surface area contributed by atoms with Crippen molar-refractivity contribution in [1.82, 2.24) is 0 Å². The number of rotatable bonds is 5. The molecule has 136 valence electrons. The largest absolute Gasteiger partial charge is 0.449 e. The first kappa shape index (κ1) is 19.3. The first-order valence-corrected chi connectivity index (χ1v) is 7.78. The van der Waals surface area contributed by atoms with Crippen LogP contribution < -0.4 is 5.32 Å². The molecule has 0 aliphatic carbocycles. The van der Waals surface area contributed by atoms with Crippen LogP contribution in [0.3, 0.4) is 0 Å². The van der Waals surface area contributed by atoms with Gasteiger partial charge in [0.05, 0.1) is 10.5 Å². The fourth-order valence-corrected chi connectivity index (χ4v) is 2.16. The molecule has 0 fully saturated rings. The van der Waals surface area contributed by atoms with Crippen LogP contribution in [0.15, 0.2) is 36.4 Å². The Labute approximate surface area is 152 Å². The van der Waals surface area contributed by atoms with Crippen molar-refractivity contribution >= 4 is 34.9 Å². The van der Waals surface area contributed by atoms with E-state index in [2.05, 4.69) is 5.32 Å². The number of ether oxygens (including phenoxy) is 1. The van der Waals surface area contributed by atoms with E-state index in [1.54, 1.807) is 6.92 Å². The van der Waals surface area contributed by atoms with E-state index in [0.717, 1.165) is 12.1 Å². The van der Waals surface area contributed by atoms with Crippen LogP contribution in [0.25, 0.3) is 0 Å². The predicted octanol–water partition coefficient (Wildman–Crippen LogP) is 3.88. The van der Waals surface area contributed by atoms with Gasteiger partial charge in [-0.15, -0.1) is 0 Å². The molecule has 0 aliphatic rings. The number of halogens is 2. The van der Waals surface area contributed by atoms with Crippen molar-refractivity contribution in [3.05, 3.63) is 68.5 Å². The third kappa shape index (κ3) is 4.54. The molecule has 26 heavy (non-hydrogen) atoms. The summed E-state index contributed by atoms with van der Waals surface area (Å²) in [5.74, 6) is -2.09. The van der Waals surface area contributed by atoms with E-state index in [-0.39, 0.29) is 16.3 Å². The second kappa shape index (κ2) is 7.92.